The zero-order valence-electron chi connectivity index (χ0n) is 57.6. The zero-order chi connectivity index (χ0) is 70.1. The van der Waals surface area contributed by atoms with Crippen molar-refractivity contribution >= 4 is 66.7 Å². The van der Waals surface area contributed by atoms with Crippen molar-refractivity contribution in [1.29, 1.82) is 0 Å². The molecule has 0 aliphatic heterocycles. The van der Waals surface area contributed by atoms with E-state index in [4.69, 9.17) is 20.4 Å². The Morgan fingerprint density at radius 2 is 0.620 bits per heavy atom. The summed E-state index contributed by atoms with van der Waals surface area (Å²) in [5.41, 5.74) is 17.2. The molecule has 12 aromatic rings. The fourth-order valence-electron chi connectivity index (χ4n) is 9.00. The Morgan fingerprint density at radius 3 is 0.900 bits per heavy atom. The smallest absolute Gasteiger partial charge is 0.155 e. The number of fused-ring (bicyclic) bond motifs is 4. The molecule has 100 heavy (non-hydrogen) atoms. The second kappa shape index (κ2) is 47.0. The molecule has 0 amide bonds. The van der Waals surface area contributed by atoms with Crippen molar-refractivity contribution in [1.82, 2.24) is 19.9 Å². The summed E-state index contributed by atoms with van der Waals surface area (Å²) in [5, 5.41) is 38.1. The summed E-state index contributed by atoms with van der Waals surface area (Å²) in [6.45, 7) is 19.7. The van der Waals surface area contributed by atoms with Crippen LogP contribution < -0.4 is 0 Å². The van der Waals surface area contributed by atoms with Crippen LogP contribution in [-0.4, -0.2) is 63.5 Å². The summed E-state index contributed by atoms with van der Waals surface area (Å²) in [6.07, 6.45) is 4.67. The molecule has 0 aliphatic rings. The number of hydrogen-bond acceptors (Lipinski definition) is 12. The fourth-order valence-corrected chi connectivity index (χ4v) is 9.00. The molecule has 16 heteroatoms. The topological polar surface area (TPSA) is 201 Å². The summed E-state index contributed by atoms with van der Waals surface area (Å²) in [4.78, 5) is 58.7. The van der Waals surface area contributed by atoms with Crippen LogP contribution in [0, 0.1) is 52.0 Å². The predicted octanol–water partition coefficient (Wildman–Crippen LogP) is 20.2. The average Bonchev–Trinajstić information content (AvgIpc) is 0.843. The van der Waals surface area contributed by atoms with Gasteiger partial charge in [0.25, 0.3) is 0 Å². The van der Waals surface area contributed by atoms with Gasteiger partial charge in [0.1, 0.15) is 0 Å². The first-order valence-corrected chi connectivity index (χ1v) is 30.7. The molecule has 0 unspecified atom stereocenters. The van der Waals surface area contributed by atoms with Crippen molar-refractivity contribution in [3.05, 3.63) is 312 Å². The molecule has 0 atom stereocenters. The molecule has 12 nitrogen and oxygen atoms in total. The van der Waals surface area contributed by atoms with Gasteiger partial charge < -0.3 is 20.4 Å². The Balaban J connectivity index is 0.000000587. The molecular formula is C84H80Ir4N4O8-4. The van der Waals surface area contributed by atoms with Crippen molar-refractivity contribution in [2.45, 2.75) is 83.1 Å². The summed E-state index contributed by atoms with van der Waals surface area (Å²) in [6, 6.07) is 86.5. The largest absolute Gasteiger partial charge is 0.512 e. The number of ketones is 4. The molecule has 0 aliphatic carbocycles. The Bertz CT molecular complexity index is 4470. The Kier molecular flexibility index (Phi) is 41.7. The molecule has 0 spiro atoms. The molecule has 0 saturated heterocycles. The van der Waals surface area contributed by atoms with E-state index in [1.165, 1.54) is 123 Å². The SMILES string of the molecule is CC(=O)C=C(C)O.CC(=O)C=C(C)O.CC(=O)C=C(C)O.CC(=O)C=C(C)O.Cc1c[c-]c(-c2ccc3ccccc3n2)cc1.Cc1cc[c-]c(-c2ccc3ccccc3n2)c1.Cc1ccc[c-]c1-c1ccc2ccccc2n1.Cc1ccc[c-]c1-c1ccc2ccccc2n1.[Ir].[Ir].[Ir].[Ir]. The maximum absolute atomic E-state index is 10.0. The van der Waals surface area contributed by atoms with Gasteiger partial charge in [-0.1, -0.05) is 149 Å². The molecule has 4 aromatic heterocycles. The summed E-state index contributed by atoms with van der Waals surface area (Å²) >= 11 is 0. The van der Waals surface area contributed by atoms with E-state index in [0.717, 1.165) is 67.1 Å². The zero-order valence-corrected chi connectivity index (χ0v) is 67.2. The van der Waals surface area contributed by atoms with Crippen molar-refractivity contribution in [3.63, 3.8) is 0 Å². The molecule has 12 rings (SSSR count). The number of aliphatic hydroxyl groups excluding tert-OH is 4. The maximum Gasteiger partial charge on any atom is 0.155 e. The minimum absolute atomic E-state index is 0. The van der Waals surface area contributed by atoms with E-state index >= 15 is 0 Å². The van der Waals surface area contributed by atoms with Crippen LogP contribution >= 0.6 is 0 Å². The van der Waals surface area contributed by atoms with Gasteiger partial charge in [0.2, 0.25) is 0 Å². The monoisotopic (exact) mass is 2040 g/mol. The molecule has 0 saturated carbocycles. The number of aliphatic hydroxyl groups is 4. The summed E-state index contributed by atoms with van der Waals surface area (Å²) in [5.74, 6) is -0.250. The molecular weight excluding hydrogens is 1960 g/mol. The third-order valence-corrected chi connectivity index (χ3v) is 13.2. The van der Waals surface area contributed by atoms with Gasteiger partial charge in [-0.05, 0) is 124 Å². The molecule has 8 aromatic carbocycles. The minimum atomic E-state index is -0.125. The number of rotatable bonds is 8. The van der Waals surface area contributed by atoms with Gasteiger partial charge in [-0.15, -0.1) is 142 Å². The number of carbonyl (C=O) groups excluding carboxylic acids is 4. The first-order chi connectivity index (χ1) is 45.8. The average molecular weight is 2040 g/mol. The maximum atomic E-state index is 10.0. The predicted molar refractivity (Wildman–Crippen MR) is 391 cm³/mol. The Hall–Kier alpha value is -9.16. The van der Waals surface area contributed by atoms with Gasteiger partial charge in [0, 0.05) is 105 Å². The van der Waals surface area contributed by atoms with Crippen LogP contribution in [0.4, 0.5) is 0 Å². The van der Waals surface area contributed by atoms with Gasteiger partial charge in [-0.25, -0.2) is 0 Å². The van der Waals surface area contributed by atoms with E-state index in [2.05, 4.69) is 163 Å². The van der Waals surface area contributed by atoms with E-state index in [1.807, 2.05) is 127 Å². The van der Waals surface area contributed by atoms with Gasteiger partial charge in [-0.3, -0.25) is 39.1 Å². The van der Waals surface area contributed by atoms with E-state index in [1.54, 1.807) is 0 Å². The summed E-state index contributed by atoms with van der Waals surface area (Å²) in [7, 11) is 0. The number of aryl methyl sites for hydroxylation is 4. The van der Waals surface area contributed by atoms with E-state index < -0.39 is 0 Å². The van der Waals surface area contributed by atoms with Crippen LogP contribution in [0.1, 0.15) is 77.6 Å². The number of pyridine rings is 4. The number of hydrogen-bond donors (Lipinski definition) is 4. The molecule has 0 bridgehead atoms. The van der Waals surface area contributed by atoms with Crippen LogP contribution in [0.2, 0.25) is 0 Å². The van der Waals surface area contributed by atoms with Gasteiger partial charge in [0.15, 0.2) is 23.1 Å². The first kappa shape index (κ1) is 88.8. The number of allylic oxidation sites excluding steroid dienone is 8. The van der Waals surface area contributed by atoms with E-state index in [0.29, 0.717) is 0 Å². The number of para-hydroxylation sites is 4. The van der Waals surface area contributed by atoms with Gasteiger partial charge in [0.05, 0.1) is 45.1 Å². The molecule has 4 radical (unpaired) electrons. The molecule has 4 N–H and O–H groups in total. The first-order valence-electron chi connectivity index (χ1n) is 30.7. The van der Waals surface area contributed by atoms with Crippen molar-refractivity contribution in [3.8, 4) is 45.0 Å². The standard InChI is InChI=1S/4C16H12N.4C5H8O2.4Ir/c2*1-12-6-2-4-8-14(12)16-11-10-13-7-3-5-9-15(13)17-16;1-12-5-4-7-14(11-12)16-10-9-13-6-2-3-8-15(13)17-16;1-12-6-8-14(9-7-12)16-11-10-13-4-2-3-5-15(13)17-16;4*1-4(6)3-5(2)7;;;;/h2*2-7,9-11H,1H3;2-6,8-11H,1H3;2-8,10-11H,1H3;4*3,6H,1-2H3;;;;/q4*-1;;;;;;;;. The van der Waals surface area contributed by atoms with Crippen LogP contribution in [-0.2, 0) is 99.6 Å². The van der Waals surface area contributed by atoms with Crippen molar-refractivity contribution < 1.29 is 120 Å². The molecule has 0 fully saturated rings. The summed E-state index contributed by atoms with van der Waals surface area (Å²) < 4.78 is 0. The van der Waals surface area contributed by atoms with Crippen LogP contribution in [0.15, 0.2) is 266 Å². The number of aromatic nitrogens is 4. The van der Waals surface area contributed by atoms with Crippen LogP contribution in [0.5, 0.6) is 0 Å². The number of benzene rings is 8. The van der Waals surface area contributed by atoms with Crippen molar-refractivity contribution in [2.24, 2.45) is 0 Å². The molecule has 4 heterocycles. The van der Waals surface area contributed by atoms with Crippen LogP contribution in [0.25, 0.3) is 88.6 Å². The molecule has 524 valence electrons. The third kappa shape index (κ3) is 32.7. The third-order valence-electron chi connectivity index (χ3n) is 13.2. The number of nitrogens with zero attached hydrogens (tertiary/aromatic N) is 4. The number of carbonyl (C=O) groups is 4. The second-order valence-corrected chi connectivity index (χ2v) is 22.2. The Morgan fingerprint density at radius 1 is 0.310 bits per heavy atom. The van der Waals surface area contributed by atoms with E-state index in [9.17, 15) is 19.2 Å². The van der Waals surface area contributed by atoms with E-state index in [-0.39, 0.29) is 127 Å². The Labute approximate surface area is 641 Å². The van der Waals surface area contributed by atoms with Crippen molar-refractivity contribution in [2.75, 3.05) is 0 Å². The minimum Gasteiger partial charge on any atom is -0.512 e. The quantitative estimate of drug-likeness (QED) is 0.0638. The fraction of sp³-hybridized carbons (Fsp3) is 0.143. The van der Waals surface area contributed by atoms with Crippen LogP contribution in [0.3, 0.4) is 0 Å². The van der Waals surface area contributed by atoms with Gasteiger partial charge in [-0.2, -0.15) is 0 Å². The second-order valence-electron chi connectivity index (χ2n) is 22.2. The van der Waals surface area contributed by atoms with Gasteiger partial charge >= 0.3 is 0 Å². The normalized spacial score (nSPS) is 10.4.